The molecule has 0 heterocycles. The van der Waals surface area contributed by atoms with Gasteiger partial charge in [-0.1, -0.05) is 310 Å². The van der Waals surface area contributed by atoms with Gasteiger partial charge in [0.1, 0.15) is 13.2 Å². The highest BCUT2D eigenvalue weighted by Gasteiger charge is 2.22. The summed E-state index contributed by atoms with van der Waals surface area (Å²) in [6.07, 6.45) is 90.8. The fraction of sp³-hybridized carbons (Fsp3) is 0.756. The highest BCUT2D eigenvalue weighted by molar-refractivity contribution is 5.70. The van der Waals surface area contributed by atoms with E-state index >= 15 is 0 Å². The van der Waals surface area contributed by atoms with Crippen molar-refractivity contribution in [3.05, 3.63) is 97.2 Å². The van der Waals surface area contributed by atoms with Gasteiger partial charge >= 0.3 is 11.9 Å². The molecule has 9 nitrogen and oxygen atoms in total. The molecule has 0 aromatic heterocycles. The lowest BCUT2D eigenvalue weighted by atomic mass is 10.0. The summed E-state index contributed by atoms with van der Waals surface area (Å²) >= 11 is 0. The number of hydrogen-bond donors (Lipinski definition) is 0. The number of hydrogen-bond acceptors (Lipinski definition) is 8. The van der Waals surface area contributed by atoms with Gasteiger partial charge in [0.2, 0.25) is 0 Å². The van der Waals surface area contributed by atoms with E-state index < -0.39 is 24.3 Å². The Hall–Kier alpha value is -3.79. The molecule has 0 saturated heterocycles. The van der Waals surface area contributed by atoms with Crippen molar-refractivity contribution in [2.24, 2.45) is 0 Å². The summed E-state index contributed by atoms with van der Waals surface area (Å²) in [6.45, 7) is 4.64. The lowest BCUT2D eigenvalue weighted by Crippen LogP contribution is -2.44. The van der Waals surface area contributed by atoms with E-state index in [1.807, 2.05) is 21.1 Å². The van der Waals surface area contributed by atoms with Crippen LogP contribution in [0.1, 0.15) is 322 Å². The number of quaternary nitrogens is 1. The molecule has 87 heavy (non-hydrogen) atoms. The fourth-order valence-corrected chi connectivity index (χ4v) is 10.3. The molecule has 0 aliphatic carbocycles. The quantitative estimate of drug-likeness (QED) is 0.0195. The van der Waals surface area contributed by atoms with Crippen molar-refractivity contribution < 1.29 is 42.9 Å². The largest absolute Gasteiger partial charge is 0.545 e. The van der Waals surface area contributed by atoms with Crippen LogP contribution in [-0.4, -0.2) is 82.3 Å². The number of carbonyl (C=O) groups is 3. The number of carboxylic acids is 1. The SMILES string of the molecule is CC/C=C\C/C=C\C/C=C\C/C=C\C/C=C\CCCCCCCCCC(=O)OC(COC(=O)CCCCCCCCCCCCCCCCCCCCCCCCCC/C=C\C/C=C\C/C=C\CCCCCCC)COC(OCC[N+](C)(C)C)C(=O)[O-]. The zero-order chi connectivity index (χ0) is 63.3. The Bertz CT molecular complexity index is 1750. The van der Waals surface area contributed by atoms with Gasteiger partial charge in [-0.3, -0.25) is 9.59 Å². The third-order valence-corrected chi connectivity index (χ3v) is 15.8. The zero-order valence-electron chi connectivity index (χ0n) is 57.4. The number of esters is 2. The van der Waals surface area contributed by atoms with Gasteiger partial charge < -0.3 is 33.3 Å². The minimum atomic E-state index is -1.63. The Morgan fingerprint density at radius 3 is 0.977 bits per heavy atom. The molecule has 0 bridgehead atoms. The Labute approximate surface area is 537 Å². The summed E-state index contributed by atoms with van der Waals surface area (Å²) in [4.78, 5) is 37.5. The van der Waals surface area contributed by atoms with Crippen LogP contribution >= 0.6 is 0 Å². The van der Waals surface area contributed by atoms with Crippen molar-refractivity contribution >= 4 is 17.9 Å². The number of carbonyl (C=O) groups excluding carboxylic acids is 3. The standard InChI is InChI=1S/C78H137NO8/c1-6-8-10-12-14-16-18-20-22-24-26-28-30-31-32-33-34-35-36-37-38-39-40-41-42-43-44-45-47-48-50-52-54-56-58-60-62-64-66-68-75(80)85-72-74(73-86-78(77(82)83)84-71-70-79(3,4)5)87-76(81)69-67-65-63-61-59-57-55-53-51-49-46-29-27-25-23-21-19-17-15-13-11-9-7-2/h9,11,15,17-18,20-21,23-24,26-27,29-31,49,51,74,78H,6-8,10,12-14,16,19,22,25,28,32-48,50,52-73H2,1-5H3/b11-9-,17-15-,20-18-,23-21-,26-24-,29-27-,31-30-,51-49-. The Morgan fingerprint density at radius 2 is 0.655 bits per heavy atom. The van der Waals surface area contributed by atoms with Crippen LogP contribution in [0.15, 0.2) is 97.2 Å². The van der Waals surface area contributed by atoms with Crippen LogP contribution in [0.3, 0.4) is 0 Å². The summed E-state index contributed by atoms with van der Waals surface area (Å²) in [5.41, 5.74) is 0. The number of unbranched alkanes of at least 4 members (excludes halogenated alkanes) is 36. The Balaban J connectivity index is 4.02. The molecule has 0 spiro atoms. The van der Waals surface area contributed by atoms with Crippen molar-refractivity contribution in [3.8, 4) is 0 Å². The zero-order valence-corrected chi connectivity index (χ0v) is 57.4. The Morgan fingerprint density at radius 1 is 0.356 bits per heavy atom. The molecule has 0 aliphatic heterocycles. The van der Waals surface area contributed by atoms with Gasteiger partial charge in [-0.25, -0.2) is 0 Å². The first-order valence-corrected chi connectivity index (χ1v) is 36.4. The molecule has 0 rings (SSSR count). The molecule has 2 atom stereocenters. The van der Waals surface area contributed by atoms with E-state index in [0.29, 0.717) is 17.4 Å². The first-order chi connectivity index (χ1) is 42.6. The maximum Gasteiger partial charge on any atom is 0.306 e. The number of nitrogens with zero attached hydrogens (tertiary/aromatic N) is 1. The van der Waals surface area contributed by atoms with Gasteiger partial charge in [0.15, 0.2) is 12.4 Å². The van der Waals surface area contributed by atoms with E-state index in [-0.39, 0.29) is 38.6 Å². The molecule has 0 aromatic carbocycles. The number of carboxylic acid groups (broad SMARTS) is 1. The maximum atomic E-state index is 12.9. The molecule has 0 fully saturated rings. The predicted octanol–water partition coefficient (Wildman–Crippen LogP) is 21.5. The van der Waals surface area contributed by atoms with E-state index in [0.717, 1.165) is 89.9 Å². The van der Waals surface area contributed by atoms with E-state index in [1.54, 1.807) is 0 Å². The van der Waals surface area contributed by atoms with Crippen LogP contribution < -0.4 is 5.11 Å². The summed E-state index contributed by atoms with van der Waals surface area (Å²) in [5.74, 6) is -2.29. The normalized spacial score (nSPS) is 13.3. The maximum absolute atomic E-state index is 12.9. The Kier molecular flexibility index (Phi) is 65.2. The molecule has 0 aliphatic rings. The lowest BCUT2D eigenvalue weighted by molar-refractivity contribution is -0.870. The number of aliphatic carboxylic acids is 1. The summed E-state index contributed by atoms with van der Waals surface area (Å²) in [6, 6.07) is 0. The highest BCUT2D eigenvalue weighted by atomic mass is 16.7. The van der Waals surface area contributed by atoms with Crippen molar-refractivity contribution in [1.29, 1.82) is 0 Å². The molecule has 0 radical (unpaired) electrons. The van der Waals surface area contributed by atoms with Crippen LogP contribution in [0, 0.1) is 0 Å². The van der Waals surface area contributed by atoms with E-state index in [2.05, 4.69) is 111 Å². The van der Waals surface area contributed by atoms with E-state index in [9.17, 15) is 19.5 Å². The first kappa shape index (κ1) is 83.2. The number of allylic oxidation sites excluding steroid dienone is 16. The number of rotatable bonds is 67. The number of ether oxygens (including phenoxy) is 4. The monoisotopic (exact) mass is 1220 g/mol. The first-order valence-electron chi connectivity index (χ1n) is 36.4. The highest BCUT2D eigenvalue weighted by Crippen LogP contribution is 2.18. The van der Waals surface area contributed by atoms with Crippen LogP contribution in [0.5, 0.6) is 0 Å². The smallest absolute Gasteiger partial charge is 0.306 e. The molecule has 0 saturated carbocycles. The van der Waals surface area contributed by atoms with Gasteiger partial charge in [-0.2, -0.15) is 0 Å². The lowest BCUT2D eigenvalue weighted by Gasteiger charge is -2.26. The minimum Gasteiger partial charge on any atom is -0.545 e. The van der Waals surface area contributed by atoms with Gasteiger partial charge in [0.05, 0.1) is 40.3 Å². The molecular formula is C78H137NO8. The van der Waals surface area contributed by atoms with Crippen molar-refractivity contribution in [3.63, 3.8) is 0 Å². The summed E-state index contributed by atoms with van der Waals surface area (Å²) < 4.78 is 22.8. The average Bonchev–Trinajstić information content (AvgIpc) is 3.50. The van der Waals surface area contributed by atoms with Crippen LogP contribution in [0.25, 0.3) is 0 Å². The molecule has 2 unspecified atom stereocenters. The van der Waals surface area contributed by atoms with E-state index in [1.165, 1.54) is 199 Å². The molecule has 502 valence electrons. The van der Waals surface area contributed by atoms with Gasteiger partial charge in [-0.15, -0.1) is 0 Å². The van der Waals surface area contributed by atoms with Gasteiger partial charge in [0.25, 0.3) is 0 Å². The molecule has 0 N–H and O–H groups in total. The van der Waals surface area contributed by atoms with Gasteiger partial charge in [0, 0.05) is 12.8 Å². The molecule has 9 heteroatoms. The van der Waals surface area contributed by atoms with Crippen LogP contribution in [0.4, 0.5) is 0 Å². The molecular weight excluding hydrogens is 1080 g/mol. The fourth-order valence-electron chi connectivity index (χ4n) is 10.3. The predicted molar refractivity (Wildman–Crippen MR) is 371 cm³/mol. The van der Waals surface area contributed by atoms with Crippen molar-refractivity contribution in [2.45, 2.75) is 334 Å². The summed E-state index contributed by atoms with van der Waals surface area (Å²) in [5, 5.41) is 11.8. The van der Waals surface area contributed by atoms with E-state index in [4.69, 9.17) is 18.9 Å². The third-order valence-electron chi connectivity index (χ3n) is 15.8. The second kappa shape index (κ2) is 68.1. The second-order valence-corrected chi connectivity index (χ2v) is 25.5. The molecule has 0 amide bonds. The van der Waals surface area contributed by atoms with Gasteiger partial charge in [-0.05, 0) is 96.3 Å². The minimum absolute atomic E-state index is 0.143. The van der Waals surface area contributed by atoms with Crippen LogP contribution in [0.2, 0.25) is 0 Å². The second-order valence-electron chi connectivity index (χ2n) is 25.5. The van der Waals surface area contributed by atoms with Crippen molar-refractivity contribution in [2.75, 3.05) is 47.5 Å². The summed E-state index contributed by atoms with van der Waals surface area (Å²) in [7, 11) is 5.93. The topological polar surface area (TPSA) is 111 Å². The third kappa shape index (κ3) is 69.5. The number of likely N-dealkylation sites (N-methyl/N-ethyl adjacent to an activating group) is 1. The molecule has 0 aromatic rings. The average molecular weight is 1220 g/mol. The van der Waals surface area contributed by atoms with Crippen LogP contribution in [-0.2, 0) is 33.3 Å². The van der Waals surface area contributed by atoms with Crippen molar-refractivity contribution in [1.82, 2.24) is 0 Å².